The van der Waals surface area contributed by atoms with Gasteiger partial charge in [-0.2, -0.15) is 24.6 Å². The molecule has 1 aliphatic rings. The summed E-state index contributed by atoms with van der Waals surface area (Å²) in [5.74, 6) is 1.09. The van der Waals surface area contributed by atoms with Gasteiger partial charge in [-0.3, -0.25) is 0 Å². The van der Waals surface area contributed by atoms with Gasteiger partial charge in [0, 0.05) is 30.9 Å². The van der Waals surface area contributed by atoms with Crippen LogP contribution in [0.2, 0.25) is 0 Å². The predicted molar refractivity (Wildman–Crippen MR) is 73.7 cm³/mol. The van der Waals surface area contributed by atoms with Gasteiger partial charge in [0.05, 0.1) is 18.1 Å². The van der Waals surface area contributed by atoms with Crippen LogP contribution in [0, 0.1) is 13.8 Å². The Balaban J connectivity index is 1.67. The molecule has 20 heavy (non-hydrogen) atoms. The lowest BCUT2D eigenvalue weighted by molar-refractivity contribution is 0.329. The van der Waals surface area contributed by atoms with Crippen molar-refractivity contribution in [2.24, 2.45) is 0 Å². The second-order valence-corrected chi connectivity index (χ2v) is 5.22. The van der Waals surface area contributed by atoms with Crippen molar-refractivity contribution in [1.29, 1.82) is 0 Å². The van der Waals surface area contributed by atoms with Gasteiger partial charge < -0.3 is 4.90 Å². The molecule has 0 saturated carbocycles. The molecular formula is C13H15N7. The van der Waals surface area contributed by atoms with Crippen molar-refractivity contribution in [3.05, 3.63) is 35.9 Å². The van der Waals surface area contributed by atoms with E-state index in [1.165, 1.54) is 0 Å². The summed E-state index contributed by atoms with van der Waals surface area (Å²) in [6.45, 7) is 5.79. The Bertz CT molecular complexity index is 752. The van der Waals surface area contributed by atoms with Crippen LogP contribution in [-0.2, 0) is 0 Å². The molecule has 1 fully saturated rings. The quantitative estimate of drug-likeness (QED) is 0.694. The zero-order valence-corrected chi connectivity index (χ0v) is 11.4. The van der Waals surface area contributed by atoms with Gasteiger partial charge in [0.1, 0.15) is 11.9 Å². The first-order valence-electron chi connectivity index (χ1n) is 6.65. The van der Waals surface area contributed by atoms with E-state index < -0.39 is 0 Å². The number of fused-ring (bicyclic) bond motifs is 1. The first-order chi connectivity index (χ1) is 9.70. The lowest BCUT2D eigenvalue weighted by Crippen LogP contribution is -2.49. The molecule has 1 saturated heterocycles. The summed E-state index contributed by atoms with van der Waals surface area (Å²) in [5.41, 5.74) is 2.89. The number of rotatable bonds is 2. The molecule has 7 heteroatoms. The zero-order valence-electron chi connectivity index (χ0n) is 11.4. The molecule has 0 atom stereocenters. The molecule has 0 N–H and O–H groups in total. The summed E-state index contributed by atoms with van der Waals surface area (Å²) in [4.78, 5) is 8.56. The number of nitrogens with zero attached hydrogens (tertiary/aromatic N) is 7. The van der Waals surface area contributed by atoms with E-state index >= 15 is 0 Å². The van der Waals surface area contributed by atoms with Crippen LogP contribution >= 0.6 is 0 Å². The number of hydrogen-bond acceptors (Lipinski definition) is 5. The van der Waals surface area contributed by atoms with Crippen molar-refractivity contribution in [3.8, 4) is 0 Å². The molecule has 0 amide bonds. The Kier molecular flexibility index (Phi) is 2.29. The Morgan fingerprint density at radius 1 is 1.05 bits per heavy atom. The molecular weight excluding hydrogens is 254 g/mol. The fourth-order valence-electron chi connectivity index (χ4n) is 2.62. The first kappa shape index (κ1) is 11.4. The molecule has 0 spiro atoms. The highest BCUT2D eigenvalue weighted by atomic mass is 15.5. The summed E-state index contributed by atoms with van der Waals surface area (Å²) >= 11 is 0. The number of anilines is 1. The normalized spacial score (nSPS) is 15.8. The SMILES string of the molecule is Cc1cc(N2CC(n3nccn3)C2)n2nc(C)cc2n1. The van der Waals surface area contributed by atoms with Crippen molar-refractivity contribution in [3.63, 3.8) is 0 Å². The molecule has 0 unspecified atom stereocenters. The van der Waals surface area contributed by atoms with E-state index in [1.54, 1.807) is 17.2 Å². The Morgan fingerprint density at radius 3 is 2.55 bits per heavy atom. The predicted octanol–water partition coefficient (Wildman–Crippen LogP) is 0.999. The fraction of sp³-hybridized carbons (Fsp3) is 0.385. The molecule has 0 bridgehead atoms. The third-order valence-corrected chi connectivity index (χ3v) is 3.61. The van der Waals surface area contributed by atoms with Crippen LogP contribution in [-0.4, -0.2) is 42.7 Å². The van der Waals surface area contributed by atoms with Crippen LogP contribution in [0.3, 0.4) is 0 Å². The van der Waals surface area contributed by atoms with Gasteiger partial charge in [0.15, 0.2) is 5.65 Å². The molecule has 4 heterocycles. The van der Waals surface area contributed by atoms with Gasteiger partial charge in [-0.15, -0.1) is 0 Å². The minimum Gasteiger partial charge on any atom is -0.352 e. The molecule has 7 nitrogen and oxygen atoms in total. The van der Waals surface area contributed by atoms with Crippen molar-refractivity contribution in [2.75, 3.05) is 18.0 Å². The molecule has 102 valence electrons. The van der Waals surface area contributed by atoms with E-state index in [9.17, 15) is 0 Å². The van der Waals surface area contributed by atoms with Gasteiger partial charge >= 0.3 is 0 Å². The summed E-state index contributed by atoms with van der Waals surface area (Å²) in [5, 5.41) is 12.9. The van der Waals surface area contributed by atoms with Crippen molar-refractivity contribution in [1.82, 2.24) is 29.6 Å². The van der Waals surface area contributed by atoms with E-state index in [1.807, 2.05) is 24.4 Å². The highest BCUT2D eigenvalue weighted by Gasteiger charge is 2.31. The topological polar surface area (TPSA) is 64.1 Å². The maximum atomic E-state index is 4.52. The van der Waals surface area contributed by atoms with E-state index in [-0.39, 0.29) is 0 Å². The largest absolute Gasteiger partial charge is 0.352 e. The van der Waals surface area contributed by atoms with Gasteiger partial charge in [-0.1, -0.05) is 0 Å². The van der Waals surface area contributed by atoms with Crippen molar-refractivity contribution >= 4 is 11.5 Å². The monoisotopic (exact) mass is 269 g/mol. The fourth-order valence-corrected chi connectivity index (χ4v) is 2.62. The Hall–Kier alpha value is -2.44. The molecule has 0 aromatic carbocycles. The number of aromatic nitrogens is 6. The Morgan fingerprint density at radius 2 is 1.80 bits per heavy atom. The summed E-state index contributed by atoms with van der Waals surface area (Å²) in [6, 6.07) is 4.42. The molecule has 4 rings (SSSR count). The smallest absolute Gasteiger partial charge is 0.157 e. The summed E-state index contributed by atoms with van der Waals surface area (Å²) in [7, 11) is 0. The highest BCUT2D eigenvalue weighted by molar-refractivity contribution is 5.53. The van der Waals surface area contributed by atoms with Gasteiger partial charge in [-0.25, -0.2) is 4.98 Å². The van der Waals surface area contributed by atoms with E-state index in [2.05, 4.69) is 31.2 Å². The van der Waals surface area contributed by atoms with Crippen LogP contribution in [0.5, 0.6) is 0 Å². The van der Waals surface area contributed by atoms with Crippen LogP contribution in [0.15, 0.2) is 24.5 Å². The number of hydrogen-bond donors (Lipinski definition) is 0. The average Bonchev–Trinajstić information content (AvgIpc) is 2.95. The third-order valence-electron chi connectivity index (χ3n) is 3.61. The molecule has 3 aromatic rings. The van der Waals surface area contributed by atoms with Crippen LogP contribution < -0.4 is 4.90 Å². The lowest BCUT2D eigenvalue weighted by Gasteiger charge is -2.39. The summed E-state index contributed by atoms with van der Waals surface area (Å²) < 4.78 is 1.91. The van der Waals surface area contributed by atoms with Gasteiger partial charge in [-0.05, 0) is 13.8 Å². The van der Waals surface area contributed by atoms with E-state index in [0.717, 1.165) is 35.9 Å². The summed E-state index contributed by atoms with van der Waals surface area (Å²) in [6.07, 6.45) is 3.43. The Labute approximate surface area is 115 Å². The zero-order chi connectivity index (χ0) is 13.7. The molecule has 0 aliphatic carbocycles. The van der Waals surface area contributed by atoms with Gasteiger partial charge in [0.25, 0.3) is 0 Å². The second kappa shape index (κ2) is 4.03. The lowest BCUT2D eigenvalue weighted by atomic mass is 10.1. The van der Waals surface area contributed by atoms with Crippen LogP contribution in [0.25, 0.3) is 5.65 Å². The maximum absolute atomic E-state index is 4.52. The molecule has 3 aromatic heterocycles. The van der Waals surface area contributed by atoms with E-state index in [4.69, 9.17) is 0 Å². The minimum absolute atomic E-state index is 0.338. The van der Waals surface area contributed by atoms with Crippen LogP contribution in [0.4, 0.5) is 5.82 Å². The van der Waals surface area contributed by atoms with Crippen molar-refractivity contribution < 1.29 is 0 Å². The van der Waals surface area contributed by atoms with Crippen LogP contribution in [0.1, 0.15) is 17.4 Å². The second-order valence-electron chi connectivity index (χ2n) is 5.22. The average molecular weight is 269 g/mol. The standard InChI is InChI=1S/C13H15N7/c1-9-6-13(19-12(16-9)5-10(2)17-19)18-7-11(8-18)20-14-3-4-15-20/h3-6,11H,7-8H2,1-2H3. The maximum Gasteiger partial charge on any atom is 0.157 e. The first-order valence-corrected chi connectivity index (χ1v) is 6.65. The minimum atomic E-state index is 0.338. The molecule has 0 radical (unpaired) electrons. The van der Waals surface area contributed by atoms with Crippen molar-refractivity contribution in [2.45, 2.75) is 19.9 Å². The van der Waals surface area contributed by atoms with Gasteiger partial charge in [0.2, 0.25) is 0 Å². The molecule has 1 aliphatic heterocycles. The highest BCUT2D eigenvalue weighted by Crippen LogP contribution is 2.27. The third kappa shape index (κ3) is 1.66. The number of aryl methyl sites for hydroxylation is 2. The van der Waals surface area contributed by atoms with E-state index in [0.29, 0.717) is 6.04 Å².